The maximum Gasteiger partial charge on any atom is 0.169 e. The van der Waals surface area contributed by atoms with Crippen LogP contribution in [0.3, 0.4) is 0 Å². The monoisotopic (exact) mass is 216 g/mol. The van der Waals surface area contributed by atoms with Gasteiger partial charge in [-0.05, 0) is 24.8 Å². The van der Waals surface area contributed by atoms with Crippen LogP contribution in [-0.4, -0.2) is 31.0 Å². The Kier molecular flexibility index (Phi) is 3.30. The molecule has 1 saturated carbocycles. The Morgan fingerprint density at radius 3 is 2.50 bits per heavy atom. The van der Waals surface area contributed by atoms with Crippen LogP contribution in [-0.2, 0) is 9.47 Å². The zero-order valence-electron chi connectivity index (χ0n) is 8.41. The summed E-state index contributed by atoms with van der Waals surface area (Å²) < 4.78 is 11.3. The fraction of sp³-hybridized carbons (Fsp3) is 0.889. The molecule has 1 spiro atoms. The fourth-order valence-electron chi connectivity index (χ4n) is 1.93. The van der Waals surface area contributed by atoms with Crippen LogP contribution in [0, 0.1) is 0 Å². The quantitative estimate of drug-likeness (QED) is 0.561. The van der Waals surface area contributed by atoms with Crippen LogP contribution in [0.5, 0.6) is 0 Å². The SMILES string of the molecule is CSNN=C1CCC2(CC1)OCCO2. The summed E-state index contributed by atoms with van der Waals surface area (Å²) in [5.41, 5.74) is 1.23. The molecule has 0 aromatic rings. The summed E-state index contributed by atoms with van der Waals surface area (Å²) in [6, 6.07) is 0. The molecule has 2 fully saturated rings. The molecule has 5 heteroatoms. The van der Waals surface area contributed by atoms with Gasteiger partial charge in [0.2, 0.25) is 0 Å². The van der Waals surface area contributed by atoms with Crippen molar-refractivity contribution in [2.75, 3.05) is 19.5 Å². The topological polar surface area (TPSA) is 42.9 Å². The second kappa shape index (κ2) is 4.51. The first-order chi connectivity index (χ1) is 6.85. The van der Waals surface area contributed by atoms with E-state index in [-0.39, 0.29) is 5.79 Å². The summed E-state index contributed by atoms with van der Waals surface area (Å²) >= 11 is 1.52. The van der Waals surface area contributed by atoms with Crippen molar-refractivity contribution in [2.45, 2.75) is 31.5 Å². The average Bonchev–Trinajstić information content (AvgIpc) is 2.66. The predicted octanol–water partition coefficient (Wildman–Crippen LogP) is 1.53. The van der Waals surface area contributed by atoms with Gasteiger partial charge in [0.05, 0.1) is 13.2 Å². The van der Waals surface area contributed by atoms with Gasteiger partial charge in [0.15, 0.2) is 5.79 Å². The molecule has 0 aromatic carbocycles. The largest absolute Gasteiger partial charge is 0.348 e. The molecule has 1 saturated heterocycles. The highest BCUT2D eigenvalue weighted by atomic mass is 32.2. The Hall–Kier alpha value is -0.260. The minimum Gasteiger partial charge on any atom is -0.348 e. The first kappa shape index (κ1) is 10.3. The molecule has 0 aromatic heterocycles. The van der Waals surface area contributed by atoms with Gasteiger partial charge in [-0.15, -0.1) is 0 Å². The van der Waals surface area contributed by atoms with E-state index in [4.69, 9.17) is 9.47 Å². The number of nitrogens with one attached hydrogen (secondary N) is 1. The Labute approximate surface area is 88.5 Å². The third-order valence-corrected chi connectivity index (χ3v) is 2.97. The lowest BCUT2D eigenvalue weighted by molar-refractivity contribution is -0.167. The number of hydrogen-bond acceptors (Lipinski definition) is 5. The molecule has 1 N–H and O–H groups in total. The lowest BCUT2D eigenvalue weighted by atomic mass is 9.92. The Morgan fingerprint density at radius 1 is 1.29 bits per heavy atom. The van der Waals surface area contributed by atoms with Gasteiger partial charge >= 0.3 is 0 Å². The highest BCUT2D eigenvalue weighted by Gasteiger charge is 2.39. The van der Waals surface area contributed by atoms with Crippen molar-refractivity contribution in [3.05, 3.63) is 0 Å². The lowest BCUT2D eigenvalue weighted by Gasteiger charge is -2.31. The first-order valence-electron chi connectivity index (χ1n) is 4.96. The average molecular weight is 216 g/mol. The van der Waals surface area contributed by atoms with Crippen LogP contribution in [0.25, 0.3) is 0 Å². The van der Waals surface area contributed by atoms with Crippen molar-refractivity contribution >= 4 is 17.7 Å². The molecule has 1 aliphatic heterocycles. The normalized spacial score (nSPS) is 25.4. The van der Waals surface area contributed by atoms with E-state index < -0.39 is 0 Å². The van der Waals surface area contributed by atoms with E-state index in [0.29, 0.717) is 0 Å². The number of nitrogens with zero attached hydrogens (tertiary/aromatic N) is 1. The summed E-state index contributed by atoms with van der Waals surface area (Å²) in [5, 5.41) is 4.27. The van der Waals surface area contributed by atoms with Crippen molar-refractivity contribution in [3.63, 3.8) is 0 Å². The molecule has 0 amide bonds. The van der Waals surface area contributed by atoms with E-state index in [1.54, 1.807) is 0 Å². The molecule has 4 nitrogen and oxygen atoms in total. The maximum atomic E-state index is 5.63. The highest BCUT2D eigenvalue weighted by Crippen LogP contribution is 2.34. The summed E-state index contributed by atoms with van der Waals surface area (Å²) in [4.78, 5) is 2.92. The minimum atomic E-state index is -0.265. The van der Waals surface area contributed by atoms with Gasteiger partial charge in [-0.25, -0.2) is 0 Å². The zero-order chi connectivity index (χ0) is 9.86. The van der Waals surface area contributed by atoms with Gasteiger partial charge in [0, 0.05) is 24.8 Å². The van der Waals surface area contributed by atoms with Crippen molar-refractivity contribution in [2.24, 2.45) is 5.10 Å². The van der Waals surface area contributed by atoms with Crippen molar-refractivity contribution in [3.8, 4) is 0 Å². The molecular formula is C9H16N2O2S. The third kappa shape index (κ3) is 2.21. The molecule has 1 heterocycles. The van der Waals surface area contributed by atoms with E-state index >= 15 is 0 Å². The van der Waals surface area contributed by atoms with Gasteiger partial charge in [0.25, 0.3) is 0 Å². The van der Waals surface area contributed by atoms with Crippen LogP contribution in [0.1, 0.15) is 25.7 Å². The van der Waals surface area contributed by atoms with Crippen LogP contribution < -0.4 is 4.83 Å². The van der Waals surface area contributed by atoms with Crippen LogP contribution in [0.15, 0.2) is 5.10 Å². The molecule has 80 valence electrons. The Morgan fingerprint density at radius 2 is 1.93 bits per heavy atom. The number of hydrogen-bond donors (Lipinski definition) is 1. The first-order valence-corrected chi connectivity index (χ1v) is 6.18. The summed E-state index contributed by atoms with van der Waals surface area (Å²) in [5.74, 6) is -0.265. The second-order valence-electron chi connectivity index (χ2n) is 3.58. The molecule has 2 aliphatic rings. The van der Waals surface area contributed by atoms with Crippen LogP contribution in [0.4, 0.5) is 0 Å². The molecule has 0 radical (unpaired) electrons. The fourth-order valence-corrected chi connectivity index (χ4v) is 2.15. The van der Waals surface area contributed by atoms with Crippen molar-refractivity contribution < 1.29 is 9.47 Å². The highest BCUT2D eigenvalue weighted by molar-refractivity contribution is 7.96. The molecule has 0 atom stereocenters. The molecule has 0 bridgehead atoms. The molecule has 0 unspecified atom stereocenters. The number of hydrazone groups is 1. The summed E-state index contributed by atoms with van der Waals surface area (Å²) in [7, 11) is 0. The van der Waals surface area contributed by atoms with E-state index in [2.05, 4.69) is 9.93 Å². The second-order valence-corrected chi connectivity index (χ2v) is 4.17. The van der Waals surface area contributed by atoms with Gasteiger partial charge in [0.1, 0.15) is 0 Å². The summed E-state index contributed by atoms with van der Waals surface area (Å²) in [6.45, 7) is 1.49. The molecular weight excluding hydrogens is 200 g/mol. The van der Waals surface area contributed by atoms with E-state index in [0.717, 1.165) is 38.9 Å². The van der Waals surface area contributed by atoms with E-state index in [1.165, 1.54) is 17.7 Å². The number of rotatable bonds is 2. The minimum absolute atomic E-state index is 0.265. The van der Waals surface area contributed by atoms with Crippen molar-refractivity contribution in [1.29, 1.82) is 0 Å². The van der Waals surface area contributed by atoms with Crippen molar-refractivity contribution in [1.82, 2.24) is 4.83 Å². The number of ether oxygens (including phenoxy) is 2. The van der Waals surface area contributed by atoms with Gasteiger partial charge < -0.3 is 9.47 Å². The lowest BCUT2D eigenvalue weighted by Crippen LogP contribution is -2.35. The van der Waals surface area contributed by atoms with Crippen LogP contribution >= 0.6 is 11.9 Å². The maximum absolute atomic E-state index is 5.63. The van der Waals surface area contributed by atoms with Gasteiger partial charge in [-0.1, -0.05) is 0 Å². The third-order valence-electron chi connectivity index (χ3n) is 2.70. The Bertz CT molecular complexity index is 215. The summed E-state index contributed by atoms with van der Waals surface area (Å²) in [6.07, 6.45) is 5.82. The van der Waals surface area contributed by atoms with Gasteiger partial charge in [-0.2, -0.15) is 5.10 Å². The smallest absolute Gasteiger partial charge is 0.169 e. The Balaban J connectivity index is 1.85. The van der Waals surface area contributed by atoms with Crippen LogP contribution in [0.2, 0.25) is 0 Å². The predicted molar refractivity (Wildman–Crippen MR) is 57.2 cm³/mol. The van der Waals surface area contributed by atoms with E-state index in [1.807, 2.05) is 6.26 Å². The zero-order valence-corrected chi connectivity index (χ0v) is 9.23. The molecule has 1 aliphatic carbocycles. The standard InChI is InChI=1S/C9H16N2O2S/c1-14-11-10-8-2-4-9(5-3-8)12-6-7-13-9/h11H,2-7H2,1H3. The van der Waals surface area contributed by atoms with Gasteiger partial charge in [-0.3, -0.25) is 4.83 Å². The van der Waals surface area contributed by atoms with E-state index in [9.17, 15) is 0 Å². The molecule has 14 heavy (non-hydrogen) atoms. The molecule has 2 rings (SSSR count).